The normalized spacial score (nSPS) is 12.0. The van der Waals surface area contributed by atoms with Gasteiger partial charge in [-0.15, -0.1) is 0 Å². The molecule has 0 bridgehead atoms. The molecule has 26 heavy (non-hydrogen) atoms. The van der Waals surface area contributed by atoms with E-state index < -0.39 is 28.3 Å². The lowest BCUT2D eigenvalue weighted by Gasteiger charge is -2.15. The molecule has 136 valence electrons. The first kappa shape index (κ1) is 19.4. The monoisotopic (exact) mass is 420 g/mol. The van der Waals surface area contributed by atoms with Gasteiger partial charge < -0.3 is 10.4 Å². The molecule has 2 aromatic carbocycles. The SMILES string of the molecule is Cc1ccccc1N[C@@H](C)C(=O)N/N=C\c1cc(Br)cc([N+](=O)[O-])c1O. The van der Waals surface area contributed by atoms with E-state index in [1.807, 2.05) is 31.2 Å². The summed E-state index contributed by atoms with van der Waals surface area (Å²) in [7, 11) is 0. The standard InChI is InChI=1S/C17H17BrN4O4/c1-10-5-3-4-6-14(10)20-11(2)17(24)21-19-9-12-7-13(18)8-15(16(12)23)22(25)26/h3-9,11,20,23H,1-2H3,(H,21,24)/b19-9-/t11-/m0/s1. The van der Waals surface area contributed by atoms with Crippen LogP contribution in [0.4, 0.5) is 11.4 Å². The summed E-state index contributed by atoms with van der Waals surface area (Å²) in [4.78, 5) is 22.3. The summed E-state index contributed by atoms with van der Waals surface area (Å²) < 4.78 is 0.407. The van der Waals surface area contributed by atoms with E-state index in [-0.39, 0.29) is 5.56 Å². The first-order valence-electron chi connectivity index (χ1n) is 7.61. The molecule has 0 saturated heterocycles. The quantitative estimate of drug-likeness (QED) is 0.376. The molecule has 0 radical (unpaired) electrons. The van der Waals surface area contributed by atoms with Gasteiger partial charge in [-0.05, 0) is 31.5 Å². The number of nitrogens with one attached hydrogen (secondary N) is 2. The Morgan fingerprint density at radius 3 is 2.73 bits per heavy atom. The summed E-state index contributed by atoms with van der Waals surface area (Å²) in [6.07, 6.45) is 1.14. The van der Waals surface area contributed by atoms with Crippen LogP contribution < -0.4 is 10.7 Å². The molecule has 0 unspecified atom stereocenters. The van der Waals surface area contributed by atoms with Crippen molar-refractivity contribution in [2.45, 2.75) is 19.9 Å². The summed E-state index contributed by atoms with van der Waals surface area (Å²) in [5.74, 6) is -0.921. The van der Waals surface area contributed by atoms with Crippen molar-refractivity contribution in [1.29, 1.82) is 0 Å². The Bertz CT molecular complexity index is 870. The van der Waals surface area contributed by atoms with Gasteiger partial charge in [0.15, 0.2) is 0 Å². The molecule has 0 fully saturated rings. The molecular weight excluding hydrogens is 404 g/mol. The van der Waals surface area contributed by atoms with E-state index >= 15 is 0 Å². The number of amides is 1. The zero-order chi connectivity index (χ0) is 19.3. The van der Waals surface area contributed by atoms with E-state index in [4.69, 9.17) is 0 Å². The first-order valence-corrected chi connectivity index (χ1v) is 8.41. The van der Waals surface area contributed by atoms with E-state index in [2.05, 4.69) is 31.8 Å². The number of phenols is 1. The van der Waals surface area contributed by atoms with Crippen molar-refractivity contribution in [3.63, 3.8) is 0 Å². The summed E-state index contributed by atoms with van der Waals surface area (Å²) in [6, 6.07) is 9.63. The van der Waals surface area contributed by atoms with Gasteiger partial charge in [0.05, 0.1) is 11.1 Å². The van der Waals surface area contributed by atoms with Crippen LogP contribution in [0.2, 0.25) is 0 Å². The highest BCUT2D eigenvalue weighted by Gasteiger charge is 2.18. The van der Waals surface area contributed by atoms with E-state index in [9.17, 15) is 20.0 Å². The minimum atomic E-state index is -0.704. The lowest BCUT2D eigenvalue weighted by molar-refractivity contribution is -0.385. The van der Waals surface area contributed by atoms with Crippen LogP contribution in [0, 0.1) is 17.0 Å². The summed E-state index contributed by atoms with van der Waals surface area (Å²) in [5.41, 5.74) is 3.82. The van der Waals surface area contributed by atoms with E-state index in [0.29, 0.717) is 4.47 Å². The number of nitro benzene ring substituents is 1. The largest absolute Gasteiger partial charge is 0.502 e. The van der Waals surface area contributed by atoms with Crippen LogP contribution in [0.15, 0.2) is 46.0 Å². The van der Waals surface area contributed by atoms with Crippen LogP contribution in [0.25, 0.3) is 0 Å². The number of carbonyl (C=O) groups is 1. The number of anilines is 1. The van der Waals surface area contributed by atoms with Crippen molar-refractivity contribution in [1.82, 2.24) is 5.43 Å². The van der Waals surface area contributed by atoms with Gasteiger partial charge in [0.25, 0.3) is 5.91 Å². The maximum atomic E-state index is 12.1. The number of nitrogens with zero attached hydrogens (tertiary/aromatic N) is 2. The smallest absolute Gasteiger partial charge is 0.312 e. The third kappa shape index (κ3) is 4.79. The number of nitro groups is 1. The van der Waals surface area contributed by atoms with Gasteiger partial charge in [0.1, 0.15) is 6.04 Å². The molecule has 0 aliphatic rings. The number of phenolic OH excluding ortho intramolecular Hbond substituents is 1. The Kier molecular flexibility index (Phi) is 6.29. The molecule has 3 N–H and O–H groups in total. The molecule has 0 saturated carbocycles. The molecule has 0 aromatic heterocycles. The lowest BCUT2D eigenvalue weighted by Crippen LogP contribution is -2.35. The molecule has 0 heterocycles. The maximum Gasteiger partial charge on any atom is 0.312 e. The topological polar surface area (TPSA) is 117 Å². The van der Waals surface area contributed by atoms with Gasteiger partial charge >= 0.3 is 5.69 Å². The number of halogens is 1. The fourth-order valence-corrected chi connectivity index (χ4v) is 2.60. The molecular formula is C17H17BrN4O4. The number of hydrazone groups is 1. The summed E-state index contributed by atoms with van der Waals surface area (Å²) >= 11 is 3.13. The second kappa shape index (κ2) is 8.43. The molecule has 0 aliphatic carbocycles. The highest BCUT2D eigenvalue weighted by Crippen LogP contribution is 2.32. The van der Waals surface area contributed by atoms with Gasteiger partial charge in [-0.25, -0.2) is 5.43 Å². The Labute approximate surface area is 158 Å². The first-order chi connectivity index (χ1) is 12.3. The maximum absolute atomic E-state index is 12.1. The van der Waals surface area contributed by atoms with Crippen molar-refractivity contribution >= 4 is 39.4 Å². The van der Waals surface area contributed by atoms with Crippen LogP contribution in [0.3, 0.4) is 0 Å². The fourth-order valence-electron chi connectivity index (χ4n) is 2.14. The fraction of sp³-hybridized carbons (Fsp3) is 0.176. The van der Waals surface area contributed by atoms with Crippen LogP contribution >= 0.6 is 15.9 Å². The summed E-state index contributed by atoms with van der Waals surface area (Å²) in [5, 5.41) is 27.6. The molecule has 0 aliphatic heterocycles. The number of hydrogen-bond donors (Lipinski definition) is 3. The average molecular weight is 421 g/mol. The predicted molar refractivity (Wildman–Crippen MR) is 102 cm³/mol. The number of aryl methyl sites for hydroxylation is 1. The van der Waals surface area contributed by atoms with Crippen molar-refractivity contribution in [2.75, 3.05) is 5.32 Å². The predicted octanol–water partition coefficient (Wildman–Crippen LogP) is 3.32. The number of benzene rings is 2. The third-order valence-corrected chi connectivity index (χ3v) is 4.03. The van der Waals surface area contributed by atoms with Gasteiger partial charge in [-0.3, -0.25) is 14.9 Å². The Morgan fingerprint density at radius 1 is 1.38 bits per heavy atom. The van der Waals surface area contributed by atoms with Gasteiger partial charge in [-0.2, -0.15) is 5.10 Å². The lowest BCUT2D eigenvalue weighted by atomic mass is 10.2. The van der Waals surface area contributed by atoms with E-state index in [1.165, 1.54) is 12.1 Å². The number of rotatable bonds is 6. The highest BCUT2D eigenvalue weighted by molar-refractivity contribution is 9.10. The second-order valence-electron chi connectivity index (χ2n) is 5.54. The van der Waals surface area contributed by atoms with Gasteiger partial charge in [0.2, 0.25) is 5.75 Å². The average Bonchev–Trinajstić information content (AvgIpc) is 2.59. The highest BCUT2D eigenvalue weighted by atomic mass is 79.9. The van der Waals surface area contributed by atoms with Crippen molar-refractivity contribution in [2.24, 2.45) is 5.10 Å². The molecule has 8 nitrogen and oxygen atoms in total. The molecule has 1 atom stereocenters. The number of hydrogen-bond acceptors (Lipinski definition) is 6. The van der Waals surface area contributed by atoms with Gasteiger partial charge in [0, 0.05) is 21.8 Å². The Balaban J connectivity index is 2.05. The Morgan fingerprint density at radius 2 is 2.08 bits per heavy atom. The molecule has 9 heteroatoms. The molecule has 2 rings (SSSR count). The second-order valence-corrected chi connectivity index (χ2v) is 6.45. The van der Waals surface area contributed by atoms with Crippen molar-refractivity contribution < 1.29 is 14.8 Å². The number of aromatic hydroxyl groups is 1. The zero-order valence-electron chi connectivity index (χ0n) is 14.1. The van der Waals surface area contributed by atoms with Crippen LogP contribution in [-0.2, 0) is 4.79 Å². The molecule has 1 amide bonds. The molecule has 2 aromatic rings. The third-order valence-electron chi connectivity index (χ3n) is 3.57. The van der Waals surface area contributed by atoms with Crippen LogP contribution in [0.5, 0.6) is 5.75 Å². The zero-order valence-corrected chi connectivity index (χ0v) is 15.6. The van der Waals surface area contributed by atoms with E-state index in [0.717, 1.165) is 17.5 Å². The number of para-hydroxylation sites is 1. The molecule has 0 spiro atoms. The van der Waals surface area contributed by atoms with Crippen molar-refractivity contribution in [3.05, 3.63) is 62.1 Å². The van der Waals surface area contributed by atoms with E-state index in [1.54, 1.807) is 6.92 Å². The summed E-state index contributed by atoms with van der Waals surface area (Å²) in [6.45, 7) is 3.60. The van der Waals surface area contributed by atoms with Crippen molar-refractivity contribution in [3.8, 4) is 5.75 Å². The van der Waals surface area contributed by atoms with Crippen LogP contribution in [-0.4, -0.2) is 28.2 Å². The number of carbonyl (C=O) groups excluding carboxylic acids is 1. The van der Waals surface area contributed by atoms with Crippen LogP contribution in [0.1, 0.15) is 18.1 Å². The minimum Gasteiger partial charge on any atom is -0.502 e. The minimum absolute atomic E-state index is 0.103. The Hall–Kier alpha value is -2.94. The van der Waals surface area contributed by atoms with Gasteiger partial charge in [-0.1, -0.05) is 34.1 Å².